The Morgan fingerprint density at radius 3 is 2.57 bits per heavy atom. The van der Waals surface area contributed by atoms with Crippen molar-refractivity contribution in [1.82, 2.24) is 0 Å². The highest BCUT2D eigenvalue weighted by atomic mass is 32.1. The summed E-state index contributed by atoms with van der Waals surface area (Å²) in [5, 5.41) is 0.951. The highest BCUT2D eigenvalue weighted by Crippen LogP contribution is 2.46. The van der Waals surface area contributed by atoms with Crippen molar-refractivity contribution in [2.24, 2.45) is 5.92 Å². The summed E-state index contributed by atoms with van der Waals surface area (Å²) in [7, 11) is 1.59. The number of carbonyl (C=O) groups is 1. The van der Waals surface area contributed by atoms with E-state index in [-0.39, 0.29) is 5.97 Å². The van der Waals surface area contributed by atoms with E-state index < -0.39 is 0 Å². The molecule has 1 aliphatic rings. The van der Waals surface area contributed by atoms with Gasteiger partial charge in [0.2, 0.25) is 0 Å². The molecule has 0 bridgehead atoms. The first kappa shape index (κ1) is 15.9. The average molecular weight is 312 g/mol. The fraction of sp³-hybridized carbons (Fsp3) is 0.667. The Labute approximate surface area is 130 Å². The van der Waals surface area contributed by atoms with E-state index in [0.29, 0.717) is 22.9 Å². The van der Waals surface area contributed by atoms with E-state index in [2.05, 4.69) is 11.8 Å². The van der Waals surface area contributed by atoms with Gasteiger partial charge >= 0.3 is 5.97 Å². The fourth-order valence-corrected chi connectivity index (χ4v) is 3.85. The Hall–Kier alpha value is -1.43. The summed E-state index contributed by atoms with van der Waals surface area (Å²) in [6.07, 6.45) is 3.57. The lowest BCUT2D eigenvalue weighted by atomic mass is 9.94. The van der Waals surface area contributed by atoms with Gasteiger partial charge < -0.3 is 20.1 Å². The lowest BCUT2D eigenvalue weighted by molar-refractivity contribution is 0.0533. The molecule has 1 aromatic rings. The first-order valence-corrected chi connectivity index (χ1v) is 8.32. The van der Waals surface area contributed by atoms with Crippen LogP contribution in [0.25, 0.3) is 0 Å². The van der Waals surface area contributed by atoms with Crippen molar-refractivity contribution >= 4 is 28.0 Å². The number of carbonyl (C=O) groups excluding carboxylic acids is 1. The third-order valence-electron chi connectivity index (χ3n) is 4.03. The maximum atomic E-state index is 12.0. The molecule has 0 saturated carbocycles. The van der Waals surface area contributed by atoms with Gasteiger partial charge in [0, 0.05) is 13.1 Å². The van der Waals surface area contributed by atoms with Crippen molar-refractivity contribution < 1.29 is 14.3 Å². The van der Waals surface area contributed by atoms with E-state index in [0.717, 1.165) is 24.0 Å². The molecular weight excluding hydrogens is 288 g/mol. The van der Waals surface area contributed by atoms with Crippen LogP contribution in [0.15, 0.2) is 0 Å². The maximum Gasteiger partial charge on any atom is 0.350 e. The molecule has 5 nitrogen and oxygen atoms in total. The van der Waals surface area contributed by atoms with Crippen molar-refractivity contribution in [1.29, 1.82) is 0 Å². The van der Waals surface area contributed by atoms with E-state index in [4.69, 9.17) is 15.2 Å². The normalized spacial score (nSPS) is 16.0. The van der Waals surface area contributed by atoms with Crippen LogP contribution in [-0.2, 0) is 4.74 Å². The Morgan fingerprint density at radius 2 is 2.05 bits per heavy atom. The molecule has 1 aliphatic heterocycles. The SMILES string of the molecule is CCOC(=O)c1sc(N2CCC(CC)CC2)c(OC)c1N. The molecule has 0 radical (unpaired) electrons. The molecule has 1 fully saturated rings. The molecule has 21 heavy (non-hydrogen) atoms. The minimum absolute atomic E-state index is 0.343. The summed E-state index contributed by atoms with van der Waals surface area (Å²) in [4.78, 5) is 14.7. The van der Waals surface area contributed by atoms with E-state index in [9.17, 15) is 4.79 Å². The number of ether oxygens (including phenoxy) is 2. The van der Waals surface area contributed by atoms with Gasteiger partial charge in [0.1, 0.15) is 15.6 Å². The quantitative estimate of drug-likeness (QED) is 0.846. The molecule has 6 heteroatoms. The smallest absolute Gasteiger partial charge is 0.350 e. The molecule has 2 N–H and O–H groups in total. The summed E-state index contributed by atoms with van der Waals surface area (Å²) in [6.45, 7) is 6.34. The van der Waals surface area contributed by atoms with Gasteiger partial charge in [-0.1, -0.05) is 13.3 Å². The minimum atomic E-state index is -0.368. The van der Waals surface area contributed by atoms with Crippen LogP contribution in [0.4, 0.5) is 10.7 Å². The third-order valence-corrected chi connectivity index (χ3v) is 5.25. The first-order valence-electron chi connectivity index (χ1n) is 7.50. The Bertz CT molecular complexity index is 493. The number of esters is 1. The number of rotatable bonds is 5. The second-order valence-corrected chi connectivity index (χ2v) is 6.24. The number of methoxy groups -OCH3 is 1. The van der Waals surface area contributed by atoms with Crippen LogP contribution in [0.3, 0.4) is 0 Å². The van der Waals surface area contributed by atoms with Gasteiger partial charge in [-0.25, -0.2) is 4.79 Å². The Morgan fingerprint density at radius 1 is 1.38 bits per heavy atom. The zero-order valence-electron chi connectivity index (χ0n) is 13.0. The van der Waals surface area contributed by atoms with Crippen LogP contribution in [0.1, 0.15) is 42.8 Å². The molecule has 2 heterocycles. The minimum Gasteiger partial charge on any atom is -0.492 e. The standard InChI is InChI=1S/C15H24N2O3S/c1-4-10-6-8-17(9-7-10)14-12(19-3)11(16)13(21-14)15(18)20-5-2/h10H,4-9,16H2,1-3H3. The van der Waals surface area contributed by atoms with Crippen LogP contribution in [0.5, 0.6) is 5.75 Å². The van der Waals surface area contributed by atoms with Crippen molar-refractivity contribution in [2.45, 2.75) is 33.1 Å². The second kappa shape index (κ2) is 7.02. The van der Waals surface area contributed by atoms with Crippen LogP contribution in [0, 0.1) is 5.92 Å². The highest BCUT2D eigenvalue weighted by Gasteiger charge is 2.28. The van der Waals surface area contributed by atoms with Crippen molar-refractivity contribution in [2.75, 3.05) is 37.4 Å². The third kappa shape index (κ3) is 3.26. The van der Waals surface area contributed by atoms with Gasteiger partial charge in [0.05, 0.1) is 13.7 Å². The molecule has 0 aliphatic carbocycles. The summed E-state index contributed by atoms with van der Waals surface area (Å²) in [5.41, 5.74) is 6.46. The van der Waals surface area contributed by atoms with Crippen molar-refractivity contribution in [3.63, 3.8) is 0 Å². The lowest BCUT2D eigenvalue weighted by Crippen LogP contribution is -2.33. The molecule has 2 rings (SSSR count). The lowest BCUT2D eigenvalue weighted by Gasteiger charge is -2.32. The average Bonchev–Trinajstić information content (AvgIpc) is 2.84. The number of piperidine rings is 1. The number of hydrogen-bond acceptors (Lipinski definition) is 6. The molecular formula is C15H24N2O3S. The molecule has 118 valence electrons. The molecule has 0 spiro atoms. The van der Waals surface area contributed by atoms with Crippen LogP contribution in [0.2, 0.25) is 0 Å². The second-order valence-electron chi connectivity index (χ2n) is 5.24. The monoisotopic (exact) mass is 312 g/mol. The summed E-state index contributed by atoms with van der Waals surface area (Å²) < 4.78 is 10.5. The number of thiophene rings is 1. The van der Waals surface area contributed by atoms with E-state index in [1.165, 1.54) is 30.6 Å². The van der Waals surface area contributed by atoms with Gasteiger partial charge in [0.25, 0.3) is 0 Å². The van der Waals surface area contributed by atoms with Gasteiger partial charge in [0.15, 0.2) is 5.75 Å². The van der Waals surface area contributed by atoms with Gasteiger partial charge in [-0.2, -0.15) is 0 Å². The molecule has 0 atom stereocenters. The molecule has 0 unspecified atom stereocenters. The van der Waals surface area contributed by atoms with Crippen LogP contribution < -0.4 is 15.4 Å². The van der Waals surface area contributed by atoms with E-state index >= 15 is 0 Å². The topological polar surface area (TPSA) is 64.8 Å². The summed E-state index contributed by atoms with van der Waals surface area (Å²) in [5.74, 6) is 1.04. The maximum absolute atomic E-state index is 12.0. The molecule has 1 saturated heterocycles. The zero-order chi connectivity index (χ0) is 15.4. The molecule has 0 amide bonds. The van der Waals surface area contributed by atoms with Crippen molar-refractivity contribution in [3.8, 4) is 5.75 Å². The molecule has 0 aromatic carbocycles. The summed E-state index contributed by atoms with van der Waals surface area (Å²) >= 11 is 1.38. The Balaban J connectivity index is 2.23. The predicted molar refractivity (Wildman–Crippen MR) is 86.5 cm³/mol. The fourth-order valence-electron chi connectivity index (χ4n) is 2.71. The predicted octanol–water partition coefficient (Wildman–Crippen LogP) is 3.14. The number of anilines is 2. The first-order chi connectivity index (χ1) is 10.1. The van der Waals surface area contributed by atoms with Gasteiger partial charge in [-0.3, -0.25) is 0 Å². The number of nitrogens with two attached hydrogens (primary N) is 1. The largest absolute Gasteiger partial charge is 0.492 e. The van der Waals surface area contributed by atoms with Gasteiger partial charge in [-0.15, -0.1) is 11.3 Å². The van der Waals surface area contributed by atoms with Crippen LogP contribution in [-0.4, -0.2) is 32.8 Å². The van der Waals surface area contributed by atoms with E-state index in [1.54, 1.807) is 14.0 Å². The van der Waals surface area contributed by atoms with Crippen LogP contribution >= 0.6 is 11.3 Å². The Kier molecular flexibility index (Phi) is 5.33. The summed E-state index contributed by atoms with van der Waals surface area (Å²) in [6, 6.07) is 0. The number of hydrogen-bond donors (Lipinski definition) is 1. The molecule has 1 aromatic heterocycles. The highest BCUT2D eigenvalue weighted by molar-refractivity contribution is 7.19. The number of nitrogen functional groups attached to an aromatic ring is 1. The zero-order valence-corrected chi connectivity index (χ0v) is 13.8. The van der Waals surface area contributed by atoms with E-state index in [1.807, 2.05) is 0 Å². The van der Waals surface area contributed by atoms with Crippen molar-refractivity contribution in [3.05, 3.63) is 4.88 Å². The van der Waals surface area contributed by atoms with Gasteiger partial charge in [-0.05, 0) is 25.7 Å². The number of nitrogens with zero attached hydrogens (tertiary/aromatic N) is 1.